The number of hydrogen-bond donors (Lipinski definition) is 2. The van der Waals surface area contributed by atoms with Crippen LogP contribution in [0.5, 0.6) is 0 Å². The fraction of sp³-hybridized carbons (Fsp3) is 0.333. The van der Waals surface area contributed by atoms with E-state index in [1.807, 2.05) is 24.1 Å². The summed E-state index contributed by atoms with van der Waals surface area (Å²) in [5.41, 5.74) is 12.5. The summed E-state index contributed by atoms with van der Waals surface area (Å²) in [5.74, 6) is 0.383. The first-order chi connectivity index (χ1) is 9.63. The Labute approximate surface area is 116 Å². The number of nitriles is 1. The van der Waals surface area contributed by atoms with Gasteiger partial charge in [0.2, 0.25) is 5.89 Å². The Kier molecular flexibility index (Phi) is 4.24. The van der Waals surface area contributed by atoms with Crippen LogP contribution in [0.4, 0.5) is 6.01 Å². The number of pyridine rings is 1. The molecule has 2 aromatic heterocycles. The first-order valence-corrected chi connectivity index (χ1v) is 5.98. The quantitative estimate of drug-likeness (QED) is 0.781. The predicted molar refractivity (Wildman–Crippen MR) is 70.9 cm³/mol. The number of nitrogens with zero attached hydrogens (tertiary/aromatic N) is 5. The molecule has 8 nitrogen and oxygen atoms in total. The van der Waals surface area contributed by atoms with Gasteiger partial charge in [-0.05, 0) is 18.7 Å². The van der Waals surface area contributed by atoms with Gasteiger partial charge in [-0.25, -0.2) is 4.98 Å². The molecule has 0 saturated carbocycles. The zero-order chi connectivity index (χ0) is 14.5. The van der Waals surface area contributed by atoms with Gasteiger partial charge in [-0.3, -0.25) is 4.90 Å². The van der Waals surface area contributed by atoms with E-state index in [-0.39, 0.29) is 12.1 Å². The second-order valence-corrected chi connectivity index (χ2v) is 4.31. The van der Waals surface area contributed by atoms with Gasteiger partial charge in [-0.2, -0.15) is 5.26 Å². The Hall–Kier alpha value is -2.50. The van der Waals surface area contributed by atoms with Gasteiger partial charge in [0.1, 0.15) is 17.8 Å². The number of aromatic nitrogens is 3. The van der Waals surface area contributed by atoms with E-state index < -0.39 is 0 Å². The van der Waals surface area contributed by atoms with Gasteiger partial charge < -0.3 is 15.9 Å². The Morgan fingerprint density at radius 2 is 2.25 bits per heavy atom. The molecule has 0 amide bonds. The molecule has 0 aliphatic rings. The third-order valence-corrected chi connectivity index (χ3v) is 2.87. The zero-order valence-corrected chi connectivity index (χ0v) is 11.0. The van der Waals surface area contributed by atoms with Crippen molar-refractivity contribution in [2.75, 3.05) is 19.3 Å². The van der Waals surface area contributed by atoms with Crippen LogP contribution in [0.2, 0.25) is 0 Å². The molecule has 0 aliphatic heterocycles. The maximum absolute atomic E-state index is 8.71. The van der Waals surface area contributed by atoms with Crippen LogP contribution in [-0.2, 0) is 6.54 Å². The SMILES string of the molecule is CN(Cc1ccc(C#N)nc1)C(CN)c1nnc(N)o1. The first kappa shape index (κ1) is 13.9. The third-order valence-electron chi connectivity index (χ3n) is 2.87. The van der Waals surface area contributed by atoms with Crippen LogP contribution in [0, 0.1) is 11.3 Å². The summed E-state index contributed by atoms with van der Waals surface area (Å²) in [6.07, 6.45) is 1.66. The predicted octanol–water partition coefficient (Wildman–Crippen LogP) is 0.0503. The van der Waals surface area contributed by atoms with Crippen molar-refractivity contribution in [1.82, 2.24) is 20.1 Å². The molecule has 0 aromatic carbocycles. The minimum atomic E-state index is -0.226. The van der Waals surface area contributed by atoms with Crippen molar-refractivity contribution < 1.29 is 4.42 Å². The fourth-order valence-electron chi connectivity index (χ4n) is 1.83. The molecule has 8 heteroatoms. The van der Waals surface area contributed by atoms with E-state index >= 15 is 0 Å². The maximum Gasteiger partial charge on any atom is 0.312 e. The lowest BCUT2D eigenvalue weighted by Gasteiger charge is -2.23. The van der Waals surface area contributed by atoms with Crippen molar-refractivity contribution in [1.29, 1.82) is 5.26 Å². The Bertz CT molecular complexity index is 601. The van der Waals surface area contributed by atoms with Crippen LogP contribution in [0.1, 0.15) is 23.2 Å². The molecule has 104 valence electrons. The molecular formula is C12H15N7O. The zero-order valence-electron chi connectivity index (χ0n) is 11.0. The second kappa shape index (κ2) is 6.10. The first-order valence-electron chi connectivity index (χ1n) is 5.98. The third kappa shape index (κ3) is 3.09. The molecule has 0 spiro atoms. The van der Waals surface area contributed by atoms with Gasteiger partial charge in [0.25, 0.3) is 0 Å². The number of nitrogen functional groups attached to an aromatic ring is 1. The highest BCUT2D eigenvalue weighted by molar-refractivity contribution is 5.23. The number of hydrogen-bond acceptors (Lipinski definition) is 8. The molecule has 20 heavy (non-hydrogen) atoms. The van der Waals surface area contributed by atoms with Crippen LogP contribution in [0.3, 0.4) is 0 Å². The van der Waals surface area contributed by atoms with E-state index in [0.29, 0.717) is 24.7 Å². The molecule has 2 aromatic rings. The highest BCUT2D eigenvalue weighted by Crippen LogP contribution is 2.19. The molecule has 1 unspecified atom stereocenters. The van der Waals surface area contributed by atoms with E-state index in [1.165, 1.54) is 0 Å². The van der Waals surface area contributed by atoms with Gasteiger partial charge >= 0.3 is 6.01 Å². The van der Waals surface area contributed by atoms with Crippen molar-refractivity contribution in [3.63, 3.8) is 0 Å². The van der Waals surface area contributed by atoms with Crippen LogP contribution in [0.15, 0.2) is 22.7 Å². The van der Waals surface area contributed by atoms with Gasteiger partial charge in [0.05, 0.1) is 0 Å². The summed E-state index contributed by atoms with van der Waals surface area (Å²) in [4.78, 5) is 5.98. The largest absolute Gasteiger partial charge is 0.406 e. The van der Waals surface area contributed by atoms with E-state index in [2.05, 4.69) is 15.2 Å². The normalized spacial score (nSPS) is 12.3. The number of rotatable bonds is 5. The van der Waals surface area contributed by atoms with Crippen molar-refractivity contribution >= 4 is 6.01 Å². The molecular weight excluding hydrogens is 258 g/mol. The highest BCUT2D eigenvalue weighted by atomic mass is 16.4. The Morgan fingerprint density at radius 1 is 1.45 bits per heavy atom. The van der Waals surface area contributed by atoms with Crippen LogP contribution >= 0.6 is 0 Å². The Balaban J connectivity index is 2.09. The van der Waals surface area contributed by atoms with Gasteiger partial charge in [0, 0.05) is 19.3 Å². The van der Waals surface area contributed by atoms with E-state index in [9.17, 15) is 0 Å². The smallest absolute Gasteiger partial charge is 0.312 e. The molecule has 0 aliphatic carbocycles. The van der Waals surface area contributed by atoms with Gasteiger partial charge in [0.15, 0.2) is 0 Å². The van der Waals surface area contributed by atoms with Crippen molar-refractivity contribution in [3.05, 3.63) is 35.5 Å². The lowest BCUT2D eigenvalue weighted by molar-refractivity contribution is 0.207. The molecule has 0 bridgehead atoms. The van der Waals surface area contributed by atoms with Crippen molar-refractivity contribution in [3.8, 4) is 6.07 Å². The number of likely N-dealkylation sites (N-methyl/N-ethyl adjacent to an activating group) is 1. The standard InChI is InChI=1S/C12H15N7O/c1-19(7-8-2-3-9(4-13)16-6-8)10(5-14)11-17-18-12(15)20-11/h2-3,6,10H,5,7,14H2,1H3,(H2,15,18). The summed E-state index contributed by atoms with van der Waals surface area (Å²) >= 11 is 0. The topological polar surface area (TPSA) is 131 Å². The van der Waals surface area contributed by atoms with E-state index in [0.717, 1.165) is 5.56 Å². The van der Waals surface area contributed by atoms with Crippen molar-refractivity contribution in [2.24, 2.45) is 5.73 Å². The summed E-state index contributed by atoms with van der Waals surface area (Å²) < 4.78 is 5.21. The van der Waals surface area contributed by atoms with Crippen LogP contribution in [-0.4, -0.2) is 33.7 Å². The minimum Gasteiger partial charge on any atom is -0.406 e. The lowest BCUT2D eigenvalue weighted by atomic mass is 10.2. The highest BCUT2D eigenvalue weighted by Gasteiger charge is 2.21. The van der Waals surface area contributed by atoms with E-state index in [1.54, 1.807) is 12.3 Å². The average Bonchev–Trinajstić information content (AvgIpc) is 2.87. The Morgan fingerprint density at radius 3 is 2.75 bits per heavy atom. The molecule has 2 heterocycles. The average molecular weight is 273 g/mol. The van der Waals surface area contributed by atoms with Crippen molar-refractivity contribution in [2.45, 2.75) is 12.6 Å². The number of nitrogens with two attached hydrogens (primary N) is 2. The van der Waals surface area contributed by atoms with Crippen LogP contribution < -0.4 is 11.5 Å². The summed E-state index contributed by atoms with van der Waals surface area (Å²) in [6.45, 7) is 0.907. The summed E-state index contributed by atoms with van der Waals surface area (Å²) in [7, 11) is 1.89. The van der Waals surface area contributed by atoms with Crippen LogP contribution in [0.25, 0.3) is 0 Å². The van der Waals surface area contributed by atoms with Gasteiger partial charge in [-0.15, -0.1) is 5.10 Å². The molecule has 0 radical (unpaired) electrons. The molecule has 2 rings (SSSR count). The fourth-order valence-corrected chi connectivity index (χ4v) is 1.83. The lowest BCUT2D eigenvalue weighted by Crippen LogP contribution is -2.30. The molecule has 0 saturated heterocycles. The number of anilines is 1. The summed E-state index contributed by atoms with van der Waals surface area (Å²) in [6, 6.07) is 5.29. The van der Waals surface area contributed by atoms with Gasteiger partial charge in [-0.1, -0.05) is 11.2 Å². The van der Waals surface area contributed by atoms with E-state index in [4.69, 9.17) is 21.1 Å². The molecule has 4 N–H and O–H groups in total. The monoisotopic (exact) mass is 273 g/mol. The minimum absolute atomic E-state index is 0.0203. The molecule has 0 fully saturated rings. The maximum atomic E-state index is 8.71. The second-order valence-electron chi connectivity index (χ2n) is 4.31. The summed E-state index contributed by atoms with van der Waals surface area (Å²) in [5, 5.41) is 16.2. The molecule has 1 atom stereocenters.